The minimum atomic E-state index is -0.336. The van der Waals surface area contributed by atoms with Crippen molar-refractivity contribution in [3.63, 3.8) is 0 Å². The fourth-order valence-corrected chi connectivity index (χ4v) is 3.30. The van der Waals surface area contributed by atoms with Crippen LogP contribution in [0, 0.1) is 0 Å². The number of amides is 1. The Morgan fingerprint density at radius 1 is 1.07 bits per heavy atom. The van der Waals surface area contributed by atoms with Crippen molar-refractivity contribution in [1.29, 1.82) is 0 Å². The van der Waals surface area contributed by atoms with Crippen molar-refractivity contribution in [2.75, 3.05) is 26.1 Å². The van der Waals surface area contributed by atoms with Crippen molar-refractivity contribution in [3.8, 4) is 28.5 Å². The molecule has 0 radical (unpaired) electrons. The zero-order valence-electron chi connectivity index (χ0n) is 15.3. The van der Waals surface area contributed by atoms with Crippen LogP contribution in [0.2, 0.25) is 0 Å². The van der Waals surface area contributed by atoms with Gasteiger partial charge in [-0.2, -0.15) is 0 Å². The fourth-order valence-electron chi connectivity index (χ4n) is 2.59. The van der Waals surface area contributed by atoms with E-state index >= 15 is 0 Å². The second kappa shape index (κ2) is 8.55. The summed E-state index contributed by atoms with van der Waals surface area (Å²) in [6, 6.07) is 12.9. The lowest BCUT2D eigenvalue weighted by Gasteiger charge is -2.11. The van der Waals surface area contributed by atoms with Gasteiger partial charge in [-0.3, -0.25) is 10.1 Å². The van der Waals surface area contributed by atoms with Crippen LogP contribution in [0.25, 0.3) is 11.3 Å². The molecule has 7 heteroatoms. The molecular weight excluding hydrogens is 364 g/mol. The predicted molar refractivity (Wildman–Crippen MR) is 106 cm³/mol. The number of nitrogens with zero attached hydrogens (tertiary/aromatic N) is 1. The van der Waals surface area contributed by atoms with E-state index in [2.05, 4.69) is 10.3 Å². The number of benzene rings is 2. The molecule has 2 aromatic carbocycles. The van der Waals surface area contributed by atoms with Crippen molar-refractivity contribution in [1.82, 2.24) is 4.98 Å². The molecule has 1 N–H and O–H groups in total. The minimum absolute atomic E-state index is 0.334. The molecular formula is C20H20N2O4S. The minimum Gasteiger partial charge on any atom is -0.496 e. The zero-order chi connectivity index (χ0) is 19.2. The monoisotopic (exact) mass is 384 g/mol. The molecule has 0 aliphatic rings. The van der Waals surface area contributed by atoms with Crippen LogP contribution in [0.1, 0.15) is 17.3 Å². The van der Waals surface area contributed by atoms with Gasteiger partial charge < -0.3 is 14.2 Å². The Kier molecular flexibility index (Phi) is 5.93. The quantitative estimate of drug-likeness (QED) is 0.650. The normalized spacial score (nSPS) is 10.3. The molecule has 1 heterocycles. The first kappa shape index (κ1) is 18.7. The maximum absolute atomic E-state index is 12.7. The van der Waals surface area contributed by atoms with E-state index < -0.39 is 0 Å². The Morgan fingerprint density at radius 2 is 1.74 bits per heavy atom. The van der Waals surface area contributed by atoms with Crippen LogP contribution >= 0.6 is 11.3 Å². The SMILES string of the molecule is CCOc1ccc(-c2csc(NC(=O)c3c(OC)cccc3OC)n2)cc1. The van der Waals surface area contributed by atoms with Gasteiger partial charge in [0.1, 0.15) is 22.8 Å². The third-order valence-corrected chi connectivity index (χ3v) is 4.60. The Bertz CT molecular complexity index is 900. The summed E-state index contributed by atoms with van der Waals surface area (Å²) in [4.78, 5) is 17.2. The number of carbonyl (C=O) groups is 1. The average molecular weight is 384 g/mol. The third-order valence-electron chi connectivity index (χ3n) is 3.84. The molecule has 0 bridgehead atoms. The van der Waals surface area contributed by atoms with E-state index in [0.717, 1.165) is 17.0 Å². The zero-order valence-corrected chi connectivity index (χ0v) is 16.1. The van der Waals surface area contributed by atoms with Gasteiger partial charge in [0.15, 0.2) is 5.13 Å². The molecule has 0 aliphatic carbocycles. The molecule has 140 valence electrons. The maximum Gasteiger partial charge on any atom is 0.265 e. The van der Waals surface area contributed by atoms with Gasteiger partial charge in [-0.15, -0.1) is 11.3 Å². The van der Waals surface area contributed by atoms with Crippen LogP contribution in [0.3, 0.4) is 0 Å². The summed E-state index contributed by atoms with van der Waals surface area (Å²) in [7, 11) is 3.03. The van der Waals surface area contributed by atoms with Crippen molar-refractivity contribution in [2.24, 2.45) is 0 Å². The number of carbonyl (C=O) groups excluding carboxylic acids is 1. The van der Waals surface area contributed by atoms with E-state index in [-0.39, 0.29) is 5.91 Å². The maximum atomic E-state index is 12.7. The number of hydrogen-bond donors (Lipinski definition) is 1. The summed E-state index contributed by atoms with van der Waals surface area (Å²) in [5.74, 6) is 1.36. The van der Waals surface area contributed by atoms with Crippen LogP contribution in [0.5, 0.6) is 17.2 Å². The van der Waals surface area contributed by atoms with Gasteiger partial charge in [-0.25, -0.2) is 4.98 Å². The van der Waals surface area contributed by atoms with E-state index in [1.54, 1.807) is 18.2 Å². The fraction of sp³-hybridized carbons (Fsp3) is 0.200. The van der Waals surface area contributed by atoms with E-state index in [1.165, 1.54) is 25.6 Å². The molecule has 1 aromatic heterocycles. The summed E-state index contributed by atoms with van der Waals surface area (Å²) in [5.41, 5.74) is 2.07. The largest absolute Gasteiger partial charge is 0.496 e. The van der Waals surface area contributed by atoms with Gasteiger partial charge in [0.25, 0.3) is 5.91 Å². The summed E-state index contributed by atoms with van der Waals surface area (Å²) in [6.07, 6.45) is 0. The molecule has 0 unspecified atom stereocenters. The van der Waals surface area contributed by atoms with Gasteiger partial charge in [0.05, 0.1) is 26.5 Å². The lowest BCUT2D eigenvalue weighted by Crippen LogP contribution is -2.14. The number of rotatable bonds is 7. The van der Waals surface area contributed by atoms with Gasteiger partial charge in [0, 0.05) is 10.9 Å². The second-order valence-electron chi connectivity index (χ2n) is 5.49. The average Bonchev–Trinajstić information content (AvgIpc) is 3.16. The third kappa shape index (κ3) is 4.20. The van der Waals surface area contributed by atoms with Crippen molar-refractivity contribution < 1.29 is 19.0 Å². The number of nitrogens with one attached hydrogen (secondary N) is 1. The van der Waals surface area contributed by atoms with Crippen molar-refractivity contribution in [3.05, 3.63) is 53.4 Å². The van der Waals surface area contributed by atoms with E-state index in [0.29, 0.717) is 28.8 Å². The molecule has 1 amide bonds. The highest BCUT2D eigenvalue weighted by atomic mass is 32.1. The molecule has 6 nitrogen and oxygen atoms in total. The highest BCUT2D eigenvalue weighted by molar-refractivity contribution is 7.14. The standard InChI is InChI=1S/C20H20N2O4S/c1-4-26-14-10-8-13(9-11-14)15-12-27-20(21-15)22-19(23)18-16(24-2)6-5-7-17(18)25-3/h5-12H,4H2,1-3H3,(H,21,22,23). The topological polar surface area (TPSA) is 69.7 Å². The van der Waals surface area contributed by atoms with Crippen LogP contribution < -0.4 is 19.5 Å². The Balaban J connectivity index is 1.79. The van der Waals surface area contributed by atoms with Crippen molar-refractivity contribution in [2.45, 2.75) is 6.92 Å². The van der Waals surface area contributed by atoms with E-state index in [4.69, 9.17) is 14.2 Å². The highest BCUT2D eigenvalue weighted by Crippen LogP contribution is 2.31. The van der Waals surface area contributed by atoms with Gasteiger partial charge >= 0.3 is 0 Å². The molecule has 0 saturated carbocycles. The molecule has 0 spiro atoms. The lowest BCUT2D eigenvalue weighted by atomic mass is 10.1. The molecule has 0 aliphatic heterocycles. The number of methoxy groups -OCH3 is 2. The second-order valence-corrected chi connectivity index (χ2v) is 6.35. The molecule has 0 fully saturated rings. The Labute approximate surface area is 161 Å². The number of hydrogen-bond acceptors (Lipinski definition) is 6. The molecule has 0 atom stereocenters. The summed E-state index contributed by atoms with van der Waals surface area (Å²) in [5, 5.41) is 5.20. The first-order chi connectivity index (χ1) is 13.2. The van der Waals surface area contributed by atoms with Gasteiger partial charge in [0.2, 0.25) is 0 Å². The van der Waals surface area contributed by atoms with Gasteiger partial charge in [-0.05, 0) is 43.3 Å². The van der Waals surface area contributed by atoms with Crippen LogP contribution in [0.15, 0.2) is 47.8 Å². The lowest BCUT2D eigenvalue weighted by molar-refractivity contribution is 0.102. The summed E-state index contributed by atoms with van der Waals surface area (Å²) >= 11 is 1.35. The van der Waals surface area contributed by atoms with Gasteiger partial charge in [-0.1, -0.05) is 6.07 Å². The number of ether oxygens (including phenoxy) is 3. The Hall–Kier alpha value is -3.06. The number of anilines is 1. The molecule has 3 aromatic rings. The summed E-state index contributed by atoms with van der Waals surface area (Å²) in [6.45, 7) is 2.57. The first-order valence-electron chi connectivity index (χ1n) is 8.37. The molecule has 3 rings (SSSR count). The van der Waals surface area contributed by atoms with E-state index in [1.807, 2.05) is 36.6 Å². The van der Waals surface area contributed by atoms with Crippen LogP contribution in [0.4, 0.5) is 5.13 Å². The number of aromatic nitrogens is 1. The van der Waals surface area contributed by atoms with Crippen LogP contribution in [-0.2, 0) is 0 Å². The smallest absolute Gasteiger partial charge is 0.265 e. The Morgan fingerprint density at radius 3 is 2.33 bits per heavy atom. The van der Waals surface area contributed by atoms with E-state index in [9.17, 15) is 4.79 Å². The predicted octanol–water partition coefficient (Wildman–Crippen LogP) is 4.48. The van der Waals surface area contributed by atoms with Crippen LogP contribution in [-0.4, -0.2) is 31.7 Å². The number of thiazole rings is 1. The highest BCUT2D eigenvalue weighted by Gasteiger charge is 2.19. The first-order valence-corrected chi connectivity index (χ1v) is 9.25. The van der Waals surface area contributed by atoms with Crippen molar-refractivity contribution >= 4 is 22.4 Å². The molecule has 27 heavy (non-hydrogen) atoms. The molecule has 0 saturated heterocycles. The summed E-state index contributed by atoms with van der Waals surface area (Å²) < 4.78 is 16.0.